The van der Waals surface area contributed by atoms with Crippen molar-refractivity contribution < 1.29 is 68.8 Å². The van der Waals surface area contributed by atoms with Crippen molar-refractivity contribution in [3.63, 3.8) is 0 Å². The minimum atomic E-state index is -1.33. The zero-order valence-electron chi connectivity index (χ0n) is 16.0. The molecule has 0 radical (unpaired) electrons. The maximum Gasteiger partial charge on any atom is 1.00 e. The summed E-state index contributed by atoms with van der Waals surface area (Å²) in [5, 5.41) is 29.5. The predicted molar refractivity (Wildman–Crippen MR) is 95.1 cm³/mol. The fourth-order valence-electron chi connectivity index (χ4n) is 2.77. The van der Waals surface area contributed by atoms with Crippen molar-refractivity contribution in [3.05, 3.63) is 11.3 Å². The Morgan fingerprint density at radius 1 is 1.41 bits per heavy atom. The maximum atomic E-state index is 12.4. The quantitative estimate of drug-likeness (QED) is 0.104. The average molecular weight is 437 g/mol. The summed E-state index contributed by atoms with van der Waals surface area (Å²) in [5.41, 5.74) is 5.40. The van der Waals surface area contributed by atoms with Gasteiger partial charge < -0.3 is 25.8 Å². The topological polar surface area (TPSA) is 183 Å². The fraction of sp³-hybridized carbons (Fsp3) is 0.562. The molecule has 0 unspecified atom stereocenters. The molecule has 0 aromatic rings. The van der Waals surface area contributed by atoms with E-state index in [-0.39, 0.29) is 66.9 Å². The molecule has 13 heteroatoms. The normalized spacial score (nSPS) is 22.2. The number of hydrogen-bond acceptors (Lipinski definition) is 9. The Balaban J connectivity index is 0.00000420. The first-order chi connectivity index (χ1) is 13.1. The van der Waals surface area contributed by atoms with Gasteiger partial charge in [0.25, 0.3) is 5.91 Å². The van der Waals surface area contributed by atoms with Crippen molar-refractivity contribution in [1.82, 2.24) is 4.90 Å². The van der Waals surface area contributed by atoms with Crippen molar-refractivity contribution in [1.29, 1.82) is 0 Å². The molecule has 1 saturated heterocycles. The van der Waals surface area contributed by atoms with Gasteiger partial charge in [0.15, 0.2) is 6.04 Å². The Bertz CT molecular complexity index is 756. The van der Waals surface area contributed by atoms with Crippen molar-refractivity contribution >= 4 is 41.5 Å². The number of β-lactam (4-membered cyclic amide) rings is 1. The first-order valence-electron chi connectivity index (χ1n) is 8.39. The summed E-state index contributed by atoms with van der Waals surface area (Å²) in [5.74, 6) is -4.02. The molecule has 0 aromatic carbocycles. The van der Waals surface area contributed by atoms with Gasteiger partial charge in [-0.1, -0.05) is 0 Å². The van der Waals surface area contributed by atoms with Gasteiger partial charge in [0.05, 0.1) is 0 Å². The number of thioether (sulfide) groups is 1. The molecule has 3 atom stereocenters. The van der Waals surface area contributed by atoms with E-state index in [1.807, 2.05) is 0 Å². The Labute approximate surface area is 192 Å². The van der Waals surface area contributed by atoms with Crippen molar-refractivity contribution in [3.8, 4) is 0 Å². The van der Waals surface area contributed by atoms with E-state index in [0.717, 1.165) is 4.90 Å². The van der Waals surface area contributed by atoms with Gasteiger partial charge in [-0.05, 0) is 25.2 Å². The summed E-state index contributed by atoms with van der Waals surface area (Å²) >= 11 is 1.23. The van der Waals surface area contributed by atoms with Gasteiger partial charge in [-0.25, -0.2) is 4.79 Å². The summed E-state index contributed by atoms with van der Waals surface area (Å²) in [4.78, 5) is 50.4. The number of hydrogen-bond donors (Lipinski definition) is 3. The number of esters is 1. The molecule has 1 fully saturated rings. The van der Waals surface area contributed by atoms with Crippen LogP contribution in [0.25, 0.3) is 0 Å². The van der Waals surface area contributed by atoms with Crippen LogP contribution in [0, 0.1) is 0 Å². The van der Waals surface area contributed by atoms with Crippen LogP contribution >= 0.6 is 11.8 Å². The van der Waals surface area contributed by atoms with Gasteiger partial charge in [0, 0.05) is 18.2 Å². The van der Waals surface area contributed by atoms with Gasteiger partial charge in [0.2, 0.25) is 0 Å². The second-order valence-electron chi connectivity index (χ2n) is 6.25. The van der Waals surface area contributed by atoms with E-state index in [1.165, 1.54) is 18.7 Å². The van der Waals surface area contributed by atoms with Gasteiger partial charge in [-0.3, -0.25) is 24.3 Å². The summed E-state index contributed by atoms with van der Waals surface area (Å²) < 4.78 is 4.84. The number of nitrogens with zero attached hydrogens (tertiary/aromatic N) is 2. The van der Waals surface area contributed by atoms with Crippen LogP contribution in [0.2, 0.25) is 0 Å². The number of aliphatic imine (C=N–C) groups is 1. The number of carbonyl (C=O) groups excluding carboxylic acids is 2. The minimum absolute atomic E-state index is 0. The van der Waals surface area contributed by atoms with Crippen LogP contribution in [0.15, 0.2) is 16.3 Å². The average Bonchev–Trinajstić information content (AvgIpc) is 2.62. The number of nitrogens with two attached hydrogens (primary N) is 1. The summed E-state index contributed by atoms with van der Waals surface area (Å²) in [6.45, 7) is 0.962. The molecule has 0 spiro atoms. The molecule has 4 N–H and O–H groups in total. The van der Waals surface area contributed by atoms with E-state index in [2.05, 4.69) is 4.99 Å². The molecular formula is C16H20N3NaO8S. The SMILES string of the molecule is CC(=O)OCC1=C(C(=O)O)N2C(=O)[C@@H](N=C([O-])CCC[C@@H](N)C(=O)O)[C@H]2SC1.[Na+]. The van der Waals surface area contributed by atoms with E-state index >= 15 is 0 Å². The first-order valence-corrected chi connectivity index (χ1v) is 9.43. The number of amides is 1. The van der Waals surface area contributed by atoms with Gasteiger partial charge >= 0.3 is 47.5 Å². The number of ether oxygens (including phenoxy) is 1. The van der Waals surface area contributed by atoms with Crippen molar-refractivity contribution in [2.75, 3.05) is 12.4 Å². The second kappa shape index (κ2) is 11.0. The third kappa shape index (κ3) is 6.19. The van der Waals surface area contributed by atoms with Crippen LogP contribution in [-0.4, -0.2) is 74.6 Å². The molecule has 0 bridgehead atoms. The molecule has 2 aliphatic rings. The number of carboxylic acid groups (broad SMARTS) is 2. The van der Waals surface area contributed by atoms with E-state index in [0.29, 0.717) is 5.57 Å². The molecule has 2 heterocycles. The largest absolute Gasteiger partial charge is 1.00 e. The summed E-state index contributed by atoms with van der Waals surface area (Å²) in [6, 6.07) is -2.06. The van der Waals surface area contributed by atoms with Crippen LogP contribution in [-0.2, 0) is 23.9 Å². The molecule has 154 valence electrons. The van der Waals surface area contributed by atoms with Crippen molar-refractivity contribution in [2.24, 2.45) is 10.7 Å². The first kappa shape index (κ1) is 25.4. The molecule has 2 aliphatic heterocycles. The second-order valence-corrected chi connectivity index (χ2v) is 7.36. The number of fused-ring (bicyclic) bond motifs is 1. The van der Waals surface area contributed by atoms with Crippen LogP contribution in [0.4, 0.5) is 0 Å². The van der Waals surface area contributed by atoms with Crippen LogP contribution in [0.1, 0.15) is 26.2 Å². The summed E-state index contributed by atoms with van der Waals surface area (Å²) in [6.07, 6.45) is 0.261. The van der Waals surface area contributed by atoms with Crippen LogP contribution < -0.4 is 40.4 Å². The van der Waals surface area contributed by atoms with Crippen LogP contribution in [0.5, 0.6) is 0 Å². The molecule has 0 saturated carbocycles. The molecule has 0 aliphatic carbocycles. The van der Waals surface area contributed by atoms with Gasteiger partial charge in [0.1, 0.15) is 23.7 Å². The number of aliphatic carboxylic acids is 2. The van der Waals surface area contributed by atoms with Gasteiger partial charge in [-0.2, -0.15) is 0 Å². The minimum Gasteiger partial charge on any atom is -0.862 e. The number of carbonyl (C=O) groups is 4. The van der Waals surface area contributed by atoms with Gasteiger partial charge in [-0.15, -0.1) is 11.8 Å². The Kier molecular flexibility index (Phi) is 9.62. The van der Waals surface area contributed by atoms with Crippen LogP contribution in [0.3, 0.4) is 0 Å². The number of carboxylic acids is 2. The summed E-state index contributed by atoms with van der Waals surface area (Å²) in [7, 11) is 0. The van der Waals surface area contributed by atoms with E-state index in [9.17, 15) is 29.4 Å². The standard InChI is InChI=1S/C16H21N3O8S.Na/c1-7(20)27-5-8-6-28-14-11(13(22)19(14)12(8)16(25)26)18-10(21)4-2-3-9(17)15(23)24;/h9,11,14H,2-6,17H2,1H3,(H,18,21)(H,23,24)(H,25,26);/q;+1/p-1/t9-,11-,14-;/m1./s1. The third-order valence-electron chi connectivity index (χ3n) is 4.18. The molecule has 2 rings (SSSR count). The Morgan fingerprint density at radius 2 is 2.07 bits per heavy atom. The molecule has 29 heavy (non-hydrogen) atoms. The monoisotopic (exact) mass is 437 g/mol. The fourth-order valence-corrected chi connectivity index (χ4v) is 4.08. The smallest absolute Gasteiger partial charge is 0.862 e. The van der Waals surface area contributed by atoms with E-state index in [1.54, 1.807) is 0 Å². The van der Waals surface area contributed by atoms with Crippen molar-refractivity contribution in [2.45, 2.75) is 43.6 Å². The Hall–Kier alpha value is -1.60. The maximum absolute atomic E-state index is 12.4. The molecule has 11 nitrogen and oxygen atoms in total. The molecular weight excluding hydrogens is 417 g/mol. The zero-order valence-corrected chi connectivity index (χ0v) is 18.8. The molecule has 1 amide bonds. The molecule has 0 aromatic heterocycles. The predicted octanol–water partition coefficient (Wildman–Crippen LogP) is -4.48. The van der Waals surface area contributed by atoms with E-state index in [4.69, 9.17) is 15.6 Å². The Morgan fingerprint density at radius 3 is 2.62 bits per heavy atom. The van der Waals surface area contributed by atoms with E-state index < -0.39 is 47.2 Å². The number of rotatable bonds is 9. The third-order valence-corrected chi connectivity index (χ3v) is 5.50. The zero-order chi connectivity index (χ0) is 21.0.